The maximum absolute atomic E-state index is 6.12. The number of hydrogen-bond donors (Lipinski definition) is 0. The normalized spacial score (nSPS) is 10.4. The van der Waals surface area contributed by atoms with Crippen molar-refractivity contribution in [2.75, 3.05) is 0 Å². The van der Waals surface area contributed by atoms with Crippen LogP contribution < -0.4 is 4.74 Å². The van der Waals surface area contributed by atoms with Gasteiger partial charge in [-0.2, -0.15) is 0 Å². The zero-order valence-corrected chi connectivity index (χ0v) is 11.8. The Hall–Kier alpha value is -1.18. The van der Waals surface area contributed by atoms with Gasteiger partial charge in [-0.1, -0.05) is 41.4 Å². The lowest BCUT2D eigenvalue weighted by Crippen LogP contribution is -1.97. The van der Waals surface area contributed by atoms with Crippen LogP contribution >= 0.6 is 23.2 Å². The molecule has 0 saturated heterocycles. The van der Waals surface area contributed by atoms with E-state index in [1.165, 1.54) is 0 Å². The fourth-order valence-electron chi connectivity index (χ4n) is 1.77. The summed E-state index contributed by atoms with van der Waals surface area (Å²) in [7, 11) is 0. The van der Waals surface area contributed by atoms with Crippen molar-refractivity contribution < 1.29 is 4.74 Å². The molecule has 0 amide bonds. The first-order valence-electron chi connectivity index (χ1n) is 5.71. The Balaban J connectivity index is 2.14. The summed E-state index contributed by atoms with van der Waals surface area (Å²) in [6.45, 7) is 4.40. The van der Waals surface area contributed by atoms with Crippen molar-refractivity contribution in [2.45, 2.75) is 20.5 Å². The molecule has 0 fully saturated rings. The highest BCUT2D eigenvalue weighted by Crippen LogP contribution is 2.27. The summed E-state index contributed by atoms with van der Waals surface area (Å²) >= 11 is 12.2. The molecule has 2 rings (SSSR count). The van der Waals surface area contributed by atoms with E-state index in [4.69, 9.17) is 27.9 Å². The predicted molar refractivity (Wildman–Crippen MR) is 76.7 cm³/mol. The zero-order valence-electron chi connectivity index (χ0n) is 10.3. The summed E-state index contributed by atoms with van der Waals surface area (Å²) in [6.07, 6.45) is 0. The molecule has 0 aliphatic carbocycles. The van der Waals surface area contributed by atoms with Gasteiger partial charge >= 0.3 is 0 Å². The molecule has 0 heterocycles. The summed E-state index contributed by atoms with van der Waals surface area (Å²) < 4.78 is 5.75. The Morgan fingerprint density at radius 1 is 1.00 bits per heavy atom. The molecular weight excluding hydrogens is 267 g/mol. The van der Waals surface area contributed by atoms with E-state index in [-0.39, 0.29) is 0 Å². The highest BCUT2D eigenvalue weighted by molar-refractivity contribution is 6.32. The molecule has 0 N–H and O–H groups in total. The van der Waals surface area contributed by atoms with E-state index in [2.05, 4.69) is 0 Å². The van der Waals surface area contributed by atoms with Gasteiger partial charge in [0.2, 0.25) is 0 Å². The molecule has 2 aromatic carbocycles. The number of ether oxygens (including phenoxy) is 1. The lowest BCUT2D eigenvalue weighted by atomic mass is 10.1. The van der Waals surface area contributed by atoms with E-state index in [9.17, 15) is 0 Å². The highest BCUT2D eigenvalue weighted by atomic mass is 35.5. The van der Waals surface area contributed by atoms with Gasteiger partial charge in [0.1, 0.15) is 12.4 Å². The standard InChI is InChI=1S/C15H14Cl2O/c1-10-7-13(8-11(2)15(10)17)18-9-12-5-3-4-6-14(12)16/h3-8H,9H2,1-2H3. The van der Waals surface area contributed by atoms with E-state index in [0.29, 0.717) is 6.61 Å². The maximum atomic E-state index is 6.12. The molecule has 0 saturated carbocycles. The van der Waals surface area contributed by atoms with E-state index < -0.39 is 0 Å². The molecule has 18 heavy (non-hydrogen) atoms. The quantitative estimate of drug-likeness (QED) is 0.752. The molecule has 0 atom stereocenters. The van der Waals surface area contributed by atoms with Crippen LogP contribution in [0.4, 0.5) is 0 Å². The molecule has 1 nitrogen and oxygen atoms in total. The molecule has 94 valence electrons. The second-order valence-electron chi connectivity index (χ2n) is 4.25. The molecule has 0 unspecified atom stereocenters. The van der Waals surface area contributed by atoms with Gasteiger partial charge in [0, 0.05) is 15.6 Å². The number of benzene rings is 2. The second kappa shape index (κ2) is 5.64. The third kappa shape index (κ3) is 2.98. The van der Waals surface area contributed by atoms with Crippen LogP contribution in [0, 0.1) is 13.8 Å². The van der Waals surface area contributed by atoms with Crippen LogP contribution in [-0.2, 0) is 6.61 Å². The van der Waals surface area contributed by atoms with Crippen molar-refractivity contribution in [3.8, 4) is 5.75 Å². The molecule has 0 aliphatic rings. The van der Waals surface area contributed by atoms with Gasteiger partial charge in [-0.15, -0.1) is 0 Å². The van der Waals surface area contributed by atoms with Crippen LogP contribution in [0.1, 0.15) is 16.7 Å². The van der Waals surface area contributed by atoms with Gasteiger partial charge in [-0.3, -0.25) is 0 Å². The van der Waals surface area contributed by atoms with Gasteiger partial charge in [0.25, 0.3) is 0 Å². The van der Waals surface area contributed by atoms with Gasteiger partial charge in [-0.05, 0) is 43.2 Å². The molecule has 0 spiro atoms. The second-order valence-corrected chi connectivity index (χ2v) is 5.04. The zero-order chi connectivity index (χ0) is 13.1. The first kappa shape index (κ1) is 13.3. The average molecular weight is 281 g/mol. The highest BCUT2D eigenvalue weighted by Gasteiger charge is 2.05. The minimum absolute atomic E-state index is 0.459. The van der Waals surface area contributed by atoms with E-state index in [1.54, 1.807) is 0 Å². The minimum Gasteiger partial charge on any atom is -0.489 e. The Morgan fingerprint density at radius 3 is 2.22 bits per heavy atom. The van der Waals surface area contributed by atoms with E-state index in [1.807, 2.05) is 50.2 Å². The Bertz CT molecular complexity index is 541. The molecule has 0 aliphatic heterocycles. The minimum atomic E-state index is 0.459. The molecule has 3 heteroatoms. The maximum Gasteiger partial charge on any atom is 0.120 e. The smallest absolute Gasteiger partial charge is 0.120 e. The number of hydrogen-bond acceptors (Lipinski definition) is 1. The van der Waals surface area contributed by atoms with E-state index in [0.717, 1.165) is 32.5 Å². The van der Waals surface area contributed by atoms with Crippen LogP contribution in [0.25, 0.3) is 0 Å². The molecular formula is C15H14Cl2O. The Kier molecular flexibility index (Phi) is 4.15. The van der Waals surface area contributed by atoms with Gasteiger partial charge in [0.05, 0.1) is 0 Å². The predicted octanol–water partition coefficient (Wildman–Crippen LogP) is 5.19. The number of halogens is 2. The monoisotopic (exact) mass is 280 g/mol. The lowest BCUT2D eigenvalue weighted by molar-refractivity contribution is 0.306. The lowest BCUT2D eigenvalue weighted by Gasteiger charge is -2.10. The summed E-state index contributed by atoms with van der Waals surface area (Å²) in [5.74, 6) is 0.814. The van der Waals surface area contributed by atoms with Crippen LogP contribution in [-0.4, -0.2) is 0 Å². The van der Waals surface area contributed by atoms with Crippen LogP contribution in [0.3, 0.4) is 0 Å². The molecule has 0 bridgehead atoms. The van der Waals surface area contributed by atoms with Crippen molar-refractivity contribution in [3.63, 3.8) is 0 Å². The van der Waals surface area contributed by atoms with Gasteiger partial charge < -0.3 is 4.74 Å². The first-order chi connectivity index (χ1) is 8.58. The Morgan fingerprint density at radius 2 is 1.61 bits per heavy atom. The van der Waals surface area contributed by atoms with E-state index >= 15 is 0 Å². The Labute approximate surface area is 117 Å². The summed E-state index contributed by atoms with van der Waals surface area (Å²) in [5.41, 5.74) is 3.01. The van der Waals surface area contributed by atoms with Gasteiger partial charge in [-0.25, -0.2) is 0 Å². The summed E-state index contributed by atoms with van der Waals surface area (Å²) in [5, 5.41) is 1.51. The third-order valence-corrected chi connectivity index (χ3v) is 3.73. The van der Waals surface area contributed by atoms with Crippen molar-refractivity contribution in [1.29, 1.82) is 0 Å². The van der Waals surface area contributed by atoms with Crippen molar-refractivity contribution >= 4 is 23.2 Å². The van der Waals surface area contributed by atoms with Gasteiger partial charge in [0.15, 0.2) is 0 Å². The largest absolute Gasteiger partial charge is 0.489 e. The summed E-state index contributed by atoms with van der Waals surface area (Å²) in [4.78, 5) is 0. The third-order valence-electron chi connectivity index (χ3n) is 2.76. The van der Waals surface area contributed by atoms with Crippen molar-refractivity contribution in [1.82, 2.24) is 0 Å². The SMILES string of the molecule is Cc1cc(OCc2ccccc2Cl)cc(C)c1Cl. The van der Waals surface area contributed by atoms with Crippen LogP contribution in [0.2, 0.25) is 10.0 Å². The van der Waals surface area contributed by atoms with Crippen LogP contribution in [0.15, 0.2) is 36.4 Å². The van der Waals surface area contributed by atoms with Crippen molar-refractivity contribution in [2.24, 2.45) is 0 Å². The fourth-order valence-corrected chi connectivity index (χ4v) is 2.07. The fraction of sp³-hybridized carbons (Fsp3) is 0.200. The first-order valence-corrected chi connectivity index (χ1v) is 6.46. The topological polar surface area (TPSA) is 9.23 Å². The average Bonchev–Trinajstić information content (AvgIpc) is 2.35. The molecule has 2 aromatic rings. The number of rotatable bonds is 3. The summed E-state index contributed by atoms with van der Waals surface area (Å²) in [6, 6.07) is 11.5. The van der Waals surface area contributed by atoms with Crippen molar-refractivity contribution in [3.05, 3.63) is 63.1 Å². The molecule has 0 aromatic heterocycles. The number of aryl methyl sites for hydroxylation is 2. The molecule has 0 radical (unpaired) electrons. The van der Waals surface area contributed by atoms with Crippen LogP contribution in [0.5, 0.6) is 5.75 Å².